The van der Waals surface area contributed by atoms with Crippen molar-refractivity contribution in [2.24, 2.45) is 5.73 Å². The Balaban J connectivity index is 2.08. The minimum Gasteiger partial charge on any atom is -0.447 e. The molecule has 0 aliphatic carbocycles. The van der Waals surface area contributed by atoms with Crippen LogP contribution < -0.4 is 5.73 Å². The second kappa shape index (κ2) is 6.03. The maximum absolute atomic E-state index is 10.6. The molecule has 4 nitrogen and oxygen atoms in total. The second-order valence-corrected chi connectivity index (χ2v) is 6.01. The molecule has 1 aromatic carbocycles. The average Bonchev–Trinajstić information content (AvgIpc) is 2.82. The van der Waals surface area contributed by atoms with E-state index in [0.717, 1.165) is 17.7 Å². The molecule has 0 radical (unpaired) electrons. The van der Waals surface area contributed by atoms with E-state index in [4.69, 9.17) is 26.8 Å². The highest BCUT2D eigenvalue weighted by molar-refractivity contribution is 8.00. The third-order valence-corrected chi connectivity index (χ3v) is 4.90. The molecule has 1 aromatic rings. The quantitative estimate of drug-likeness (QED) is 0.928. The lowest BCUT2D eigenvalue weighted by Gasteiger charge is -2.27. The zero-order valence-corrected chi connectivity index (χ0v) is 12.2. The van der Waals surface area contributed by atoms with Gasteiger partial charge in [-0.15, -0.1) is 11.8 Å². The molecule has 0 aromatic heterocycles. The van der Waals surface area contributed by atoms with E-state index in [1.807, 2.05) is 24.3 Å². The van der Waals surface area contributed by atoms with Crippen LogP contribution in [0.15, 0.2) is 24.3 Å². The van der Waals surface area contributed by atoms with E-state index < -0.39 is 11.0 Å². The standard InChI is InChI=1S/C13H16ClNO3S/c1-2-13(9-3-5-10(14)6-4-9)18-11(8-19-13)7-17-12(15)16/h3-6,11H,2,7-8H2,1H3,(H2,15,16)/t11-,13+/m0/s1. The molecule has 2 N–H and O–H groups in total. The molecule has 1 aliphatic heterocycles. The van der Waals surface area contributed by atoms with Crippen molar-refractivity contribution >= 4 is 29.5 Å². The fourth-order valence-corrected chi connectivity index (χ4v) is 3.52. The summed E-state index contributed by atoms with van der Waals surface area (Å²) in [5.74, 6) is 0.768. The molecule has 1 aliphatic rings. The summed E-state index contributed by atoms with van der Waals surface area (Å²) >= 11 is 7.61. The number of amides is 1. The van der Waals surface area contributed by atoms with Gasteiger partial charge in [-0.2, -0.15) is 0 Å². The fraction of sp³-hybridized carbons (Fsp3) is 0.462. The number of halogens is 1. The van der Waals surface area contributed by atoms with Crippen molar-refractivity contribution in [1.82, 2.24) is 0 Å². The first-order valence-electron chi connectivity index (χ1n) is 6.06. The molecule has 1 heterocycles. The molecule has 0 bridgehead atoms. The number of primary amides is 1. The predicted octanol–water partition coefficient (Wildman–Crippen LogP) is 3.13. The monoisotopic (exact) mass is 301 g/mol. The molecule has 6 heteroatoms. The van der Waals surface area contributed by atoms with Crippen LogP contribution >= 0.6 is 23.4 Å². The van der Waals surface area contributed by atoms with Crippen LogP contribution in [0.5, 0.6) is 0 Å². The Kier molecular flexibility index (Phi) is 4.60. The van der Waals surface area contributed by atoms with Gasteiger partial charge in [0.1, 0.15) is 17.6 Å². The van der Waals surface area contributed by atoms with E-state index in [-0.39, 0.29) is 12.7 Å². The van der Waals surface area contributed by atoms with E-state index in [1.165, 1.54) is 0 Å². The maximum Gasteiger partial charge on any atom is 0.404 e. The van der Waals surface area contributed by atoms with Crippen molar-refractivity contribution in [3.63, 3.8) is 0 Å². The zero-order valence-electron chi connectivity index (χ0n) is 10.6. The highest BCUT2D eigenvalue weighted by Gasteiger charge is 2.41. The summed E-state index contributed by atoms with van der Waals surface area (Å²) < 4.78 is 10.9. The van der Waals surface area contributed by atoms with Gasteiger partial charge in [0, 0.05) is 10.8 Å². The lowest BCUT2D eigenvalue weighted by Crippen LogP contribution is -2.28. The van der Waals surface area contributed by atoms with E-state index >= 15 is 0 Å². The number of carbonyl (C=O) groups excluding carboxylic acids is 1. The van der Waals surface area contributed by atoms with E-state index in [1.54, 1.807) is 11.8 Å². The predicted molar refractivity (Wildman–Crippen MR) is 76.3 cm³/mol. The van der Waals surface area contributed by atoms with Gasteiger partial charge >= 0.3 is 6.09 Å². The Hall–Kier alpha value is -0.910. The first kappa shape index (κ1) is 14.5. The summed E-state index contributed by atoms with van der Waals surface area (Å²) in [5, 5.41) is 0.701. The first-order chi connectivity index (χ1) is 9.05. The summed E-state index contributed by atoms with van der Waals surface area (Å²) in [6.07, 6.45) is -0.0750. The molecule has 104 valence electrons. The van der Waals surface area contributed by atoms with Gasteiger partial charge in [0.15, 0.2) is 0 Å². The minimum atomic E-state index is -0.769. The molecule has 1 amide bonds. The topological polar surface area (TPSA) is 61.6 Å². The van der Waals surface area contributed by atoms with Gasteiger partial charge in [0.2, 0.25) is 0 Å². The van der Waals surface area contributed by atoms with Crippen molar-refractivity contribution in [2.45, 2.75) is 24.4 Å². The Morgan fingerprint density at radius 3 is 2.84 bits per heavy atom. The van der Waals surface area contributed by atoms with Gasteiger partial charge in [-0.1, -0.05) is 30.7 Å². The van der Waals surface area contributed by atoms with Crippen LogP contribution in [0, 0.1) is 0 Å². The summed E-state index contributed by atoms with van der Waals surface area (Å²) in [6, 6.07) is 7.64. The zero-order chi connectivity index (χ0) is 13.9. The number of thioether (sulfide) groups is 1. The highest BCUT2D eigenvalue weighted by atomic mass is 35.5. The second-order valence-electron chi connectivity index (χ2n) is 4.29. The smallest absolute Gasteiger partial charge is 0.404 e. The lowest BCUT2D eigenvalue weighted by molar-refractivity contribution is -0.0386. The normalized spacial score (nSPS) is 26.3. The van der Waals surface area contributed by atoms with Gasteiger partial charge in [0.25, 0.3) is 0 Å². The van der Waals surface area contributed by atoms with E-state index in [9.17, 15) is 4.79 Å². The molecule has 19 heavy (non-hydrogen) atoms. The molecular weight excluding hydrogens is 286 g/mol. The average molecular weight is 302 g/mol. The van der Waals surface area contributed by atoms with Crippen molar-refractivity contribution in [3.05, 3.63) is 34.9 Å². The van der Waals surface area contributed by atoms with Crippen molar-refractivity contribution in [2.75, 3.05) is 12.4 Å². The summed E-state index contributed by atoms with van der Waals surface area (Å²) in [5.41, 5.74) is 6.04. The molecule has 0 unspecified atom stereocenters. The number of nitrogens with two attached hydrogens (primary N) is 1. The summed E-state index contributed by atoms with van der Waals surface area (Å²) in [6.45, 7) is 2.26. The third-order valence-electron chi connectivity index (χ3n) is 3.02. The van der Waals surface area contributed by atoms with Gasteiger partial charge in [0.05, 0.1) is 0 Å². The minimum absolute atomic E-state index is 0.131. The van der Waals surface area contributed by atoms with Crippen LogP contribution in [0.3, 0.4) is 0 Å². The van der Waals surface area contributed by atoms with Crippen LogP contribution in [-0.2, 0) is 14.4 Å². The number of hydrogen-bond acceptors (Lipinski definition) is 4. The van der Waals surface area contributed by atoms with Crippen LogP contribution in [0.2, 0.25) is 5.02 Å². The molecule has 2 rings (SSSR count). The highest BCUT2D eigenvalue weighted by Crippen LogP contribution is 2.47. The summed E-state index contributed by atoms with van der Waals surface area (Å²) in [7, 11) is 0. The maximum atomic E-state index is 10.6. The van der Waals surface area contributed by atoms with Gasteiger partial charge in [-0.25, -0.2) is 4.79 Å². The largest absolute Gasteiger partial charge is 0.447 e. The van der Waals surface area contributed by atoms with Crippen molar-refractivity contribution in [3.8, 4) is 0 Å². The number of carbonyl (C=O) groups is 1. The van der Waals surface area contributed by atoms with E-state index in [0.29, 0.717) is 5.02 Å². The Morgan fingerprint density at radius 2 is 2.26 bits per heavy atom. The lowest BCUT2D eigenvalue weighted by atomic mass is 10.1. The molecular formula is C13H16ClNO3S. The number of rotatable bonds is 4. The van der Waals surface area contributed by atoms with Crippen LogP contribution in [0.25, 0.3) is 0 Å². The fourth-order valence-electron chi connectivity index (χ4n) is 2.07. The Morgan fingerprint density at radius 1 is 1.58 bits per heavy atom. The van der Waals surface area contributed by atoms with Crippen LogP contribution in [0.1, 0.15) is 18.9 Å². The Labute approximate surface area is 121 Å². The van der Waals surface area contributed by atoms with Crippen LogP contribution in [-0.4, -0.2) is 24.6 Å². The number of benzene rings is 1. The molecule has 1 fully saturated rings. The van der Waals surface area contributed by atoms with Gasteiger partial charge in [-0.05, 0) is 24.1 Å². The first-order valence-corrected chi connectivity index (χ1v) is 7.42. The van der Waals surface area contributed by atoms with E-state index in [2.05, 4.69) is 6.92 Å². The van der Waals surface area contributed by atoms with Gasteiger partial charge in [-0.3, -0.25) is 0 Å². The number of hydrogen-bond donors (Lipinski definition) is 1. The third kappa shape index (κ3) is 3.35. The molecule has 2 atom stereocenters. The summed E-state index contributed by atoms with van der Waals surface area (Å²) in [4.78, 5) is 10.2. The van der Waals surface area contributed by atoms with Crippen molar-refractivity contribution in [1.29, 1.82) is 0 Å². The van der Waals surface area contributed by atoms with Gasteiger partial charge < -0.3 is 15.2 Å². The number of ether oxygens (including phenoxy) is 2. The SMILES string of the molecule is CC[C@@]1(c2ccc(Cl)cc2)O[C@@H](COC(N)=O)CS1. The molecule has 0 saturated carbocycles. The Bertz CT molecular complexity index is 454. The van der Waals surface area contributed by atoms with Crippen molar-refractivity contribution < 1.29 is 14.3 Å². The molecule has 0 spiro atoms. The molecule has 1 saturated heterocycles. The van der Waals surface area contributed by atoms with Crippen LogP contribution in [0.4, 0.5) is 4.79 Å².